The van der Waals surface area contributed by atoms with Gasteiger partial charge in [0.15, 0.2) is 0 Å². The Morgan fingerprint density at radius 1 is 1.64 bits per heavy atom. The summed E-state index contributed by atoms with van der Waals surface area (Å²) in [4.78, 5) is 10.3. The third-order valence-corrected chi connectivity index (χ3v) is 1.32. The molecule has 0 fully saturated rings. The summed E-state index contributed by atoms with van der Waals surface area (Å²) in [5.74, 6) is -0.840. The predicted octanol–water partition coefficient (Wildman–Crippen LogP) is 0.0840. The van der Waals surface area contributed by atoms with E-state index in [9.17, 15) is 4.79 Å². The fourth-order valence-electron chi connectivity index (χ4n) is 0.796. The van der Waals surface area contributed by atoms with Crippen LogP contribution in [0.1, 0.15) is 13.8 Å². The molecule has 0 rings (SSSR count). The molecule has 0 aromatic carbocycles. The molecule has 0 aromatic heterocycles. The summed E-state index contributed by atoms with van der Waals surface area (Å²) >= 11 is 0. The quantitative estimate of drug-likeness (QED) is 0.599. The molecule has 0 amide bonds. The van der Waals surface area contributed by atoms with Crippen molar-refractivity contribution in [1.82, 2.24) is 5.32 Å². The van der Waals surface area contributed by atoms with E-state index in [4.69, 9.17) is 9.84 Å². The van der Waals surface area contributed by atoms with Crippen molar-refractivity contribution in [3.05, 3.63) is 0 Å². The normalized spacial score (nSPS) is 15.9. The molecule has 0 aliphatic heterocycles. The summed E-state index contributed by atoms with van der Waals surface area (Å²) in [5.41, 5.74) is 0. The number of carboxylic acids is 1. The van der Waals surface area contributed by atoms with Crippen LogP contribution < -0.4 is 5.32 Å². The summed E-state index contributed by atoms with van der Waals surface area (Å²) < 4.78 is 4.83. The van der Waals surface area contributed by atoms with Crippen molar-refractivity contribution in [1.29, 1.82) is 0 Å². The minimum atomic E-state index is -0.840. The van der Waals surface area contributed by atoms with E-state index in [-0.39, 0.29) is 6.04 Å². The van der Waals surface area contributed by atoms with Gasteiger partial charge in [-0.25, -0.2) is 0 Å². The van der Waals surface area contributed by atoms with E-state index in [1.807, 2.05) is 6.92 Å². The average Bonchev–Trinajstić information content (AvgIpc) is 1.87. The van der Waals surface area contributed by atoms with Crippen LogP contribution in [-0.2, 0) is 9.53 Å². The lowest BCUT2D eigenvalue weighted by Gasteiger charge is -2.15. The number of hydrogen-bond acceptors (Lipinski definition) is 3. The first kappa shape index (κ1) is 10.4. The molecule has 2 unspecified atom stereocenters. The summed E-state index contributed by atoms with van der Waals surface area (Å²) in [6.07, 6.45) is 0. The zero-order chi connectivity index (χ0) is 8.85. The molecule has 11 heavy (non-hydrogen) atoms. The van der Waals surface area contributed by atoms with Crippen molar-refractivity contribution in [2.75, 3.05) is 13.7 Å². The highest BCUT2D eigenvalue weighted by molar-refractivity contribution is 5.72. The summed E-state index contributed by atoms with van der Waals surface area (Å²) in [7, 11) is 1.59. The average molecular weight is 161 g/mol. The summed E-state index contributed by atoms with van der Waals surface area (Å²) in [5, 5.41) is 11.4. The lowest BCUT2D eigenvalue weighted by atomic mass is 10.3. The van der Waals surface area contributed by atoms with Gasteiger partial charge in [-0.3, -0.25) is 10.1 Å². The van der Waals surface area contributed by atoms with Gasteiger partial charge < -0.3 is 9.84 Å². The van der Waals surface area contributed by atoms with Gasteiger partial charge in [-0.15, -0.1) is 0 Å². The molecule has 0 saturated carbocycles. The molecule has 4 heteroatoms. The van der Waals surface area contributed by atoms with Gasteiger partial charge in [0.1, 0.15) is 6.04 Å². The van der Waals surface area contributed by atoms with Gasteiger partial charge in [0.2, 0.25) is 0 Å². The van der Waals surface area contributed by atoms with E-state index in [2.05, 4.69) is 5.32 Å². The van der Waals surface area contributed by atoms with Gasteiger partial charge in [0.25, 0.3) is 0 Å². The SMILES string of the molecule is COCC(C)NC(C)C(=O)O. The smallest absolute Gasteiger partial charge is 0.320 e. The molecule has 0 spiro atoms. The number of carbonyl (C=O) groups is 1. The molecule has 0 radical (unpaired) electrons. The van der Waals surface area contributed by atoms with Crippen LogP contribution in [0.3, 0.4) is 0 Å². The molecule has 0 bridgehead atoms. The molecule has 0 aromatic rings. The molecule has 2 N–H and O–H groups in total. The molecule has 0 heterocycles. The fourth-order valence-corrected chi connectivity index (χ4v) is 0.796. The van der Waals surface area contributed by atoms with Gasteiger partial charge in [0.05, 0.1) is 6.61 Å². The van der Waals surface area contributed by atoms with E-state index in [0.717, 1.165) is 0 Å². The van der Waals surface area contributed by atoms with Crippen molar-refractivity contribution < 1.29 is 14.6 Å². The third kappa shape index (κ3) is 4.75. The zero-order valence-corrected chi connectivity index (χ0v) is 7.13. The van der Waals surface area contributed by atoms with Crippen LogP contribution in [0.2, 0.25) is 0 Å². The number of aliphatic carboxylic acids is 1. The molecule has 66 valence electrons. The standard InChI is InChI=1S/C7H15NO3/c1-5(4-11-3)8-6(2)7(9)10/h5-6,8H,4H2,1-3H3,(H,9,10). The molecule has 2 atom stereocenters. The van der Waals surface area contributed by atoms with E-state index < -0.39 is 12.0 Å². The van der Waals surface area contributed by atoms with Gasteiger partial charge in [0, 0.05) is 13.2 Å². The second-order valence-electron chi connectivity index (χ2n) is 2.58. The Morgan fingerprint density at radius 2 is 2.18 bits per heavy atom. The Labute approximate surface area is 66.5 Å². The monoisotopic (exact) mass is 161 g/mol. The highest BCUT2D eigenvalue weighted by Gasteiger charge is 2.12. The van der Waals surface area contributed by atoms with Crippen LogP contribution in [0.15, 0.2) is 0 Å². The van der Waals surface area contributed by atoms with Crippen molar-refractivity contribution in [3.8, 4) is 0 Å². The van der Waals surface area contributed by atoms with Crippen molar-refractivity contribution in [3.63, 3.8) is 0 Å². The van der Waals surface area contributed by atoms with Crippen LogP contribution >= 0.6 is 0 Å². The topological polar surface area (TPSA) is 58.6 Å². The lowest BCUT2D eigenvalue weighted by Crippen LogP contribution is -2.41. The van der Waals surface area contributed by atoms with E-state index in [1.165, 1.54) is 0 Å². The largest absolute Gasteiger partial charge is 0.480 e. The number of carboxylic acid groups (broad SMARTS) is 1. The second-order valence-corrected chi connectivity index (χ2v) is 2.58. The molecule has 0 saturated heterocycles. The molecule has 0 aliphatic carbocycles. The van der Waals surface area contributed by atoms with Crippen LogP contribution in [-0.4, -0.2) is 36.9 Å². The number of methoxy groups -OCH3 is 1. The Kier molecular flexibility index (Phi) is 4.81. The van der Waals surface area contributed by atoms with Crippen LogP contribution in [0.4, 0.5) is 0 Å². The maximum absolute atomic E-state index is 10.3. The minimum Gasteiger partial charge on any atom is -0.480 e. The third-order valence-electron chi connectivity index (χ3n) is 1.32. The highest BCUT2D eigenvalue weighted by Crippen LogP contribution is 1.87. The molecular formula is C7H15NO3. The molecule has 0 aliphatic rings. The molecule has 4 nitrogen and oxygen atoms in total. The van der Waals surface area contributed by atoms with Crippen LogP contribution in [0, 0.1) is 0 Å². The van der Waals surface area contributed by atoms with Crippen molar-refractivity contribution in [2.24, 2.45) is 0 Å². The van der Waals surface area contributed by atoms with E-state index in [1.54, 1.807) is 14.0 Å². The maximum atomic E-state index is 10.3. The van der Waals surface area contributed by atoms with Gasteiger partial charge in [-0.2, -0.15) is 0 Å². The summed E-state index contributed by atoms with van der Waals surface area (Å²) in [6.45, 7) is 4.01. The van der Waals surface area contributed by atoms with E-state index >= 15 is 0 Å². The molecular weight excluding hydrogens is 146 g/mol. The summed E-state index contributed by atoms with van der Waals surface area (Å²) in [6, 6.07) is -0.439. The van der Waals surface area contributed by atoms with Gasteiger partial charge >= 0.3 is 5.97 Å². The highest BCUT2D eigenvalue weighted by atomic mass is 16.5. The Bertz CT molecular complexity index is 127. The van der Waals surface area contributed by atoms with Gasteiger partial charge in [-0.1, -0.05) is 0 Å². The minimum absolute atomic E-state index is 0.0751. The van der Waals surface area contributed by atoms with Gasteiger partial charge in [-0.05, 0) is 13.8 Å². The fraction of sp³-hybridized carbons (Fsp3) is 0.857. The number of nitrogens with one attached hydrogen (secondary N) is 1. The zero-order valence-electron chi connectivity index (χ0n) is 7.13. The lowest BCUT2D eigenvalue weighted by molar-refractivity contribution is -0.139. The second kappa shape index (κ2) is 5.09. The number of rotatable bonds is 5. The van der Waals surface area contributed by atoms with E-state index in [0.29, 0.717) is 6.61 Å². The van der Waals surface area contributed by atoms with Crippen LogP contribution in [0.25, 0.3) is 0 Å². The maximum Gasteiger partial charge on any atom is 0.320 e. The predicted molar refractivity (Wildman–Crippen MR) is 41.6 cm³/mol. The van der Waals surface area contributed by atoms with Crippen LogP contribution in [0.5, 0.6) is 0 Å². The number of hydrogen-bond donors (Lipinski definition) is 2. The first-order valence-electron chi connectivity index (χ1n) is 3.55. The Balaban J connectivity index is 3.56. The Hall–Kier alpha value is -0.610. The Morgan fingerprint density at radius 3 is 2.55 bits per heavy atom. The van der Waals surface area contributed by atoms with Crippen molar-refractivity contribution in [2.45, 2.75) is 25.9 Å². The number of ether oxygens (including phenoxy) is 1. The van der Waals surface area contributed by atoms with Crippen molar-refractivity contribution >= 4 is 5.97 Å². The first-order chi connectivity index (χ1) is 5.07. The first-order valence-corrected chi connectivity index (χ1v) is 3.55.